The van der Waals surface area contributed by atoms with Crippen LogP contribution in [0.3, 0.4) is 0 Å². The topological polar surface area (TPSA) is 59.2 Å². The van der Waals surface area contributed by atoms with Crippen LogP contribution in [-0.2, 0) is 17.8 Å². The first-order valence-electron chi connectivity index (χ1n) is 9.81. The molecular weight excluding hydrogens is 382 g/mol. The average molecular weight is 406 g/mol. The van der Waals surface area contributed by atoms with Crippen LogP contribution in [0, 0.1) is 5.41 Å². The SMILES string of the molecule is NC(=O)C1(Cc2ccccc2-c2cccnc2)CCN(Cc2cccc(Cl)c2)C1. The molecule has 1 aliphatic heterocycles. The van der Waals surface area contributed by atoms with Gasteiger partial charge < -0.3 is 5.73 Å². The molecule has 1 amide bonds. The molecule has 5 heteroatoms. The number of carbonyl (C=O) groups is 1. The van der Waals surface area contributed by atoms with Crippen LogP contribution in [0.5, 0.6) is 0 Å². The number of amides is 1. The first kappa shape index (κ1) is 19.6. The number of primary amides is 1. The van der Waals surface area contributed by atoms with Crippen molar-refractivity contribution in [3.05, 3.63) is 89.2 Å². The standard InChI is InChI=1S/C24H24ClN3O/c25-21-8-3-5-18(13-21)16-28-12-10-24(17-28,23(26)29)14-19-6-1-2-9-22(19)20-7-4-11-27-15-20/h1-9,11,13,15H,10,12,14,16-17H2,(H2,26,29). The Morgan fingerprint density at radius 2 is 2.00 bits per heavy atom. The number of aromatic nitrogens is 1. The van der Waals surface area contributed by atoms with E-state index in [1.165, 1.54) is 0 Å². The molecule has 2 N–H and O–H groups in total. The summed E-state index contributed by atoms with van der Waals surface area (Å²) < 4.78 is 0. The van der Waals surface area contributed by atoms with Crippen LogP contribution in [0.1, 0.15) is 17.5 Å². The number of pyridine rings is 1. The summed E-state index contributed by atoms with van der Waals surface area (Å²) in [7, 11) is 0. The molecule has 2 aromatic carbocycles. The van der Waals surface area contributed by atoms with Crippen molar-refractivity contribution in [1.29, 1.82) is 0 Å². The van der Waals surface area contributed by atoms with Gasteiger partial charge in [0.2, 0.25) is 5.91 Å². The normalized spacial score (nSPS) is 19.3. The molecule has 0 spiro atoms. The third-order valence-electron chi connectivity index (χ3n) is 5.77. The van der Waals surface area contributed by atoms with Crippen LogP contribution < -0.4 is 5.73 Å². The molecule has 4 rings (SSSR count). The molecule has 0 radical (unpaired) electrons. The summed E-state index contributed by atoms with van der Waals surface area (Å²) in [5, 5.41) is 0.730. The molecule has 1 aliphatic rings. The molecule has 29 heavy (non-hydrogen) atoms. The van der Waals surface area contributed by atoms with Crippen molar-refractivity contribution < 1.29 is 4.79 Å². The number of carbonyl (C=O) groups excluding carboxylic acids is 1. The van der Waals surface area contributed by atoms with Crippen molar-refractivity contribution in [3.8, 4) is 11.1 Å². The quantitative estimate of drug-likeness (QED) is 0.664. The van der Waals surface area contributed by atoms with Gasteiger partial charge in [0.1, 0.15) is 0 Å². The van der Waals surface area contributed by atoms with Crippen LogP contribution in [0.4, 0.5) is 0 Å². The largest absolute Gasteiger partial charge is 0.369 e. The van der Waals surface area contributed by atoms with Gasteiger partial charge in [-0.25, -0.2) is 0 Å². The molecular formula is C24H24ClN3O. The molecule has 1 fully saturated rings. The summed E-state index contributed by atoms with van der Waals surface area (Å²) in [6, 6.07) is 20.0. The van der Waals surface area contributed by atoms with Gasteiger partial charge in [0.25, 0.3) is 0 Å². The van der Waals surface area contributed by atoms with E-state index in [1.807, 2.05) is 48.7 Å². The molecule has 1 saturated heterocycles. The van der Waals surface area contributed by atoms with Crippen molar-refractivity contribution in [2.45, 2.75) is 19.4 Å². The van der Waals surface area contributed by atoms with Crippen LogP contribution in [-0.4, -0.2) is 28.9 Å². The Morgan fingerprint density at radius 1 is 1.14 bits per heavy atom. The summed E-state index contributed by atoms with van der Waals surface area (Å²) in [5.41, 5.74) is 9.81. The Morgan fingerprint density at radius 3 is 2.76 bits per heavy atom. The monoisotopic (exact) mass is 405 g/mol. The third-order valence-corrected chi connectivity index (χ3v) is 6.00. The van der Waals surface area contributed by atoms with Crippen LogP contribution in [0.25, 0.3) is 11.1 Å². The zero-order chi connectivity index (χ0) is 20.3. The smallest absolute Gasteiger partial charge is 0.225 e. The Bertz CT molecular complexity index is 1010. The number of benzene rings is 2. The van der Waals surface area contributed by atoms with Crippen LogP contribution in [0.2, 0.25) is 5.02 Å². The Hall–Kier alpha value is -2.69. The summed E-state index contributed by atoms with van der Waals surface area (Å²) in [6.07, 6.45) is 5.00. The van der Waals surface area contributed by atoms with E-state index in [0.29, 0.717) is 13.0 Å². The third kappa shape index (κ3) is 4.34. The lowest BCUT2D eigenvalue weighted by Gasteiger charge is -2.27. The first-order valence-corrected chi connectivity index (χ1v) is 10.2. The van der Waals surface area contributed by atoms with E-state index >= 15 is 0 Å². The fourth-order valence-electron chi connectivity index (χ4n) is 4.26. The molecule has 4 nitrogen and oxygen atoms in total. The van der Waals surface area contributed by atoms with E-state index in [0.717, 1.165) is 46.8 Å². The fourth-order valence-corrected chi connectivity index (χ4v) is 4.47. The molecule has 2 heterocycles. The molecule has 1 unspecified atom stereocenters. The minimum Gasteiger partial charge on any atom is -0.369 e. The summed E-state index contributed by atoms with van der Waals surface area (Å²) in [5.74, 6) is -0.230. The molecule has 1 atom stereocenters. The maximum absolute atomic E-state index is 12.6. The maximum Gasteiger partial charge on any atom is 0.225 e. The van der Waals surface area contributed by atoms with E-state index in [-0.39, 0.29) is 5.91 Å². The van der Waals surface area contributed by atoms with Gasteiger partial charge in [-0.3, -0.25) is 14.7 Å². The highest BCUT2D eigenvalue weighted by Gasteiger charge is 2.43. The van der Waals surface area contributed by atoms with Gasteiger partial charge in [0, 0.05) is 36.1 Å². The minimum absolute atomic E-state index is 0.230. The zero-order valence-electron chi connectivity index (χ0n) is 16.2. The number of rotatable bonds is 6. The lowest BCUT2D eigenvalue weighted by Crippen LogP contribution is -2.41. The van der Waals surface area contributed by atoms with E-state index in [2.05, 4.69) is 28.1 Å². The highest BCUT2D eigenvalue weighted by atomic mass is 35.5. The number of hydrogen-bond donors (Lipinski definition) is 1. The fraction of sp³-hybridized carbons (Fsp3) is 0.250. The van der Waals surface area contributed by atoms with Crippen molar-refractivity contribution in [1.82, 2.24) is 9.88 Å². The molecule has 0 saturated carbocycles. The molecule has 3 aromatic rings. The number of likely N-dealkylation sites (tertiary alicyclic amines) is 1. The van der Waals surface area contributed by atoms with E-state index in [1.54, 1.807) is 6.20 Å². The Labute approximate surface area is 176 Å². The van der Waals surface area contributed by atoms with Crippen molar-refractivity contribution in [3.63, 3.8) is 0 Å². The summed E-state index contributed by atoms with van der Waals surface area (Å²) >= 11 is 6.12. The van der Waals surface area contributed by atoms with Crippen LogP contribution in [0.15, 0.2) is 73.1 Å². The van der Waals surface area contributed by atoms with Gasteiger partial charge in [0.05, 0.1) is 5.41 Å². The van der Waals surface area contributed by atoms with Gasteiger partial charge in [-0.2, -0.15) is 0 Å². The lowest BCUT2D eigenvalue weighted by atomic mass is 9.78. The Balaban J connectivity index is 1.57. The predicted molar refractivity (Wildman–Crippen MR) is 116 cm³/mol. The Kier molecular flexibility index (Phi) is 5.65. The molecule has 0 aliphatic carbocycles. The minimum atomic E-state index is -0.573. The molecule has 1 aromatic heterocycles. The number of nitrogens with two attached hydrogens (primary N) is 1. The zero-order valence-corrected chi connectivity index (χ0v) is 17.0. The second-order valence-corrected chi connectivity index (χ2v) is 8.25. The second kappa shape index (κ2) is 8.36. The number of nitrogens with zero attached hydrogens (tertiary/aromatic N) is 2. The summed E-state index contributed by atoms with van der Waals surface area (Å²) in [6.45, 7) is 2.25. The van der Waals surface area contributed by atoms with Gasteiger partial charge >= 0.3 is 0 Å². The van der Waals surface area contributed by atoms with Gasteiger partial charge in [0.15, 0.2) is 0 Å². The molecule has 148 valence electrons. The van der Waals surface area contributed by atoms with Gasteiger partial charge in [-0.1, -0.05) is 54.1 Å². The van der Waals surface area contributed by atoms with E-state index in [9.17, 15) is 4.79 Å². The van der Waals surface area contributed by atoms with Gasteiger partial charge in [-0.15, -0.1) is 0 Å². The average Bonchev–Trinajstić information content (AvgIpc) is 3.13. The maximum atomic E-state index is 12.6. The van der Waals surface area contributed by atoms with Gasteiger partial charge in [-0.05, 0) is 54.3 Å². The number of halogens is 1. The van der Waals surface area contributed by atoms with Crippen molar-refractivity contribution in [2.75, 3.05) is 13.1 Å². The predicted octanol–water partition coefficient (Wildman–Crippen LogP) is 4.32. The lowest BCUT2D eigenvalue weighted by molar-refractivity contribution is -0.127. The van der Waals surface area contributed by atoms with Crippen molar-refractivity contribution >= 4 is 17.5 Å². The highest BCUT2D eigenvalue weighted by Crippen LogP contribution is 2.37. The summed E-state index contributed by atoms with van der Waals surface area (Å²) in [4.78, 5) is 19.1. The van der Waals surface area contributed by atoms with E-state index in [4.69, 9.17) is 17.3 Å². The second-order valence-electron chi connectivity index (χ2n) is 7.81. The highest BCUT2D eigenvalue weighted by molar-refractivity contribution is 6.30. The van der Waals surface area contributed by atoms with Crippen molar-refractivity contribution in [2.24, 2.45) is 11.1 Å². The van der Waals surface area contributed by atoms with Crippen LogP contribution >= 0.6 is 11.6 Å². The first-order chi connectivity index (χ1) is 14.1. The molecule has 0 bridgehead atoms. The number of hydrogen-bond acceptors (Lipinski definition) is 3. The van der Waals surface area contributed by atoms with E-state index < -0.39 is 5.41 Å².